The molecule has 0 fully saturated rings. The van der Waals surface area contributed by atoms with Gasteiger partial charge in [0.05, 0.1) is 12.5 Å². The van der Waals surface area contributed by atoms with Gasteiger partial charge in [-0.05, 0) is 56.2 Å². The zero-order chi connectivity index (χ0) is 13.3. The first kappa shape index (κ1) is 12.7. The lowest BCUT2D eigenvalue weighted by atomic mass is 10.1. The molecule has 0 aliphatic rings. The molecule has 2 nitrogen and oxygen atoms in total. The Balaban J connectivity index is 2.63. The molecule has 2 rings (SSSR count). The summed E-state index contributed by atoms with van der Waals surface area (Å²) in [7, 11) is 0. The Morgan fingerprint density at radius 2 is 1.78 bits per heavy atom. The lowest BCUT2D eigenvalue weighted by molar-refractivity contribution is 0.960. The smallest absolute Gasteiger partial charge is 0.0669 e. The van der Waals surface area contributed by atoms with E-state index in [1.807, 2.05) is 19.1 Å². The second-order valence-corrected chi connectivity index (χ2v) is 4.91. The van der Waals surface area contributed by atoms with Crippen molar-refractivity contribution in [2.24, 2.45) is 0 Å². The van der Waals surface area contributed by atoms with E-state index in [0.717, 1.165) is 28.2 Å². The highest BCUT2D eigenvalue weighted by Gasteiger charge is 2.09. The van der Waals surface area contributed by atoms with Gasteiger partial charge < -0.3 is 4.57 Å². The van der Waals surface area contributed by atoms with Crippen molar-refractivity contribution < 1.29 is 0 Å². The van der Waals surface area contributed by atoms with Crippen LogP contribution < -0.4 is 0 Å². The molecule has 0 saturated heterocycles. The summed E-state index contributed by atoms with van der Waals surface area (Å²) in [6.45, 7) is 6.07. The van der Waals surface area contributed by atoms with E-state index in [9.17, 15) is 0 Å². The SMILES string of the molecule is Cc1c(Cl)cc(-n2c(C)ccc2C)cc1CC#N. The first-order chi connectivity index (χ1) is 8.54. The van der Waals surface area contributed by atoms with Gasteiger partial charge in [-0.25, -0.2) is 0 Å². The number of benzene rings is 1. The second kappa shape index (κ2) is 4.88. The first-order valence-electron chi connectivity index (χ1n) is 5.86. The van der Waals surface area contributed by atoms with Crippen molar-refractivity contribution in [3.63, 3.8) is 0 Å². The summed E-state index contributed by atoms with van der Waals surface area (Å²) in [4.78, 5) is 0. The Morgan fingerprint density at radius 3 is 2.33 bits per heavy atom. The van der Waals surface area contributed by atoms with E-state index in [4.69, 9.17) is 16.9 Å². The summed E-state index contributed by atoms with van der Waals surface area (Å²) in [6.07, 6.45) is 0.388. The Labute approximate surface area is 112 Å². The quantitative estimate of drug-likeness (QED) is 0.796. The van der Waals surface area contributed by atoms with E-state index in [-0.39, 0.29) is 0 Å². The number of hydrogen-bond acceptors (Lipinski definition) is 1. The second-order valence-electron chi connectivity index (χ2n) is 4.50. The maximum Gasteiger partial charge on any atom is 0.0669 e. The third kappa shape index (κ3) is 2.14. The van der Waals surface area contributed by atoms with E-state index in [2.05, 4.69) is 36.6 Å². The standard InChI is InChI=1S/C15H15ClN2/c1-10-4-5-11(2)18(10)14-8-13(6-7-17)12(3)15(16)9-14/h4-5,8-9H,6H2,1-3H3. The molecule has 0 radical (unpaired) electrons. The molecule has 18 heavy (non-hydrogen) atoms. The van der Waals surface area contributed by atoms with E-state index < -0.39 is 0 Å². The van der Waals surface area contributed by atoms with Gasteiger partial charge in [0.1, 0.15) is 0 Å². The third-order valence-corrected chi connectivity index (χ3v) is 3.63. The minimum Gasteiger partial charge on any atom is -0.318 e. The monoisotopic (exact) mass is 258 g/mol. The van der Waals surface area contributed by atoms with Crippen LogP contribution in [0.25, 0.3) is 5.69 Å². The molecular weight excluding hydrogens is 244 g/mol. The zero-order valence-corrected chi connectivity index (χ0v) is 11.5. The summed E-state index contributed by atoms with van der Waals surface area (Å²) in [5, 5.41) is 9.58. The van der Waals surface area contributed by atoms with Crippen LogP contribution in [-0.2, 0) is 6.42 Å². The molecule has 1 aromatic carbocycles. The van der Waals surface area contributed by atoms with Crippen LogP contribution in [0.15, 0.2) is 24.3 Å². The van der Waals surface area contributed by atoms with Gasteiger partial charge in [0.2, 0.25) is 0 Å². The van der Waals surface area contributed by atoms with E-state index in [1.165, 1.54) is 0 Å². The first-order valence-corrected chi connectivity index (χ1v) is 6.23. The summed E-state index contributed by atoms with van der Waals surface area (Å²) in [5.74, 6) is 0. The maximum atomic E-state index is 8.87. The molecule has 92 valence electrons. The summed E-state index contributed by atoms with van der Waals surface area (Å²) in [6, 6.07) is 10.3. The van der Waals surface area contributed by atoms with Crippen LogP contribution in [0.2, 0.25) is 5.02 Å². The van der Waals surface area contributed by atoms with E-state index >= 15 is 0 Å². The number of rotatable bonds is 2. The molecule has 0 aliphatic heterocycles. The molecule has 0 saturated carbocycles. The zero-order valence-electron chi connectivity index (χ0n) is 10.8. The van der Waals surface area contributed by atoms with Crippen molar-refractivity contribution in [1.82, 2.24) is 4.57 Å². The Kier molecular flexibility index (Phi) is 3.45. The van der Waals surface area contributed by atoms with E-state index in [0.29, 0.717) is 11.4 Å². The molecular formula is C15H15ClN2. The average molecular weight is 259 g/mol. The average Bonchev–Trinajstić information content (AvgIpc) is 2.65. The summed E-state index contributed by atoms with van der Waals surface area (Å²) in [5.41, 5.74) is 5.33. The minimum absolute atomic E-state index is 0.388. The van der Waals surface area contributed by atoms with Crippen LogP contribution in [0.4, 0.5) is 0 Å². The van der Waals surface area contributed by atoms with Gasteiger partial charge in [-0.15, -0.1) is 0 Å². The van der Waals surface area contributed by atoms with Crippen LogP contribution in [0, 0.1) is 32.1 Å². The molecule has 1 heterocycles. The van der Waals surface area contributed by atoms with Crippen molar-refractivity contribution in [3.8, 4) is 11.8 Å². The number of aromatic nitrogens is 1. The predicted octanol–water partition coefficient (Wildman–Crippen LogP) is 4.12. The molecule has 0 spiro atoms. The lowest BCUT2D eigenvalue weighted by Crippen LogP contribution is -2.01. The summed E-state index contributed by atoms with van der Waals surface area (Å²) >= 11 is 6.25. The van der Waals surface area contributed by atoms with Gasteiger partial charge in [0, 0.05) is 22.1 Å². The topological polar surface area (TPSA) is 28.7 Å². The molecule has 0 atom stereocenters. The fourth-order valence-electron chi connectivity index (χ4n) is 2.19. The minimum atomic E-state index is 0.388. The number of halogens is 1. The molecule has 3 heteroatoms. The molecule has 0 unspecified atom stereocenters. The van der Waals surface area contributed by atoms with Crippen LogP contribution >= 0.6 is 11.6 Å². The fraction of sp³-hybridized carbons (Fsp3) is 0.267. The van der Waals surface area contributed by atoms with Gasteiger partial charge in [0.25, 0.3) is 0 Å². The van der Waals surface area contributed by atoms with Crippen molar-refractivity contribution in [3.05, 3.63) is 51.8 Å². The fourth-order valence-corrected chi connectivity index (χ4v) is 2.43. The normalized spacial score (nSPS) is 10.4. The lowest BCUT2D eigenvalue weighted by Gasteiger charge is -2.13. The molecule has 0 amide bonds. The highest BCUT2D eigenvalue weighted by molar-refractivity contribution is 6.31. The number of aryl methyl sites for hydroxylation is 2. The molecule has 0 aliphatic carbocycles. The van der Waals surface area contributed by atoms with Gasteiger partial charge >= 0.3 is 0 Å². The van der Waals surface area contributed by atoms with Gasteiger partial charge in [-0.2, -0.15) is 5.26 Å². The highest BCUT2D eigenvalue weighted by Crippen LogP contribution is 2.26. The van der Waals surface area contributed by atoms with Crippen molar-refractivity contribution in [1.29, 1.82) is 5.26 Å². The molecule has 0 N–H and O–H groups in total. The Morgan fingerprint density at radius 1 is 1.17 bits per heavy atom. The number of nitrogens with zero attached hydrogens (tertiary/aromatic N) is 2. The van der Waals surface area contributed by atoms with Crippen LogP contribution in [0.5, 0.6) is 0 Å². The number of hydrogen-bond donors (Lipinski definition) is 0. The molecule has 1 aromatic heterocycles. The van der Waals surface area contributed by atoms with Gasteiger partial charge in [-0.3, -0.25) is 0 Å². The van der Waals surface area contributed by atoms with Crippen molar-refractivity contribution in [2.75, 3.05) is 0 Å². The predicted molar refractivity (Wildman–Crippen MR) is 74.3 cm³/mol. The van der Waals surface area contributed by atoms with Crippen LogP contribution in [-0.4, -0.2) is 4.57 Å². The highest BCUT2D eigenvalue weighted by atomic mass is 35.5. The van der Waals surface area contributed by atoms with Gasteiger partial charge in [0.15, 0.2) is 0 Å². The Bertz CT molecular complexity index is 613. The maximum absolute atomic E-state index is 8.87. The van der Waals surface area contributed by atoms with Crippen LogP contribution in [0.1, 0.15) is 22.5 Å². The number of nitriles is 1. The Hall–Kier alpha value is -1.72. The van der Waals surface area contributed by atoms with Gasteiger partial charge in [-0.1, -0.05) is 11.6 Å². The van der Waals surface area contributed by atoms with Crippen LogP contribution in [0.3, 0.4) is 0 Å². The molecule has 2 aromatic rings. The van der Waals surface area contributed by atoms with Crippen molar-refractivity contribution in [2.45, 2.75) is 27.2 Å². The van der Waals surface area contributed by atoms with E-state index in [1.54, 1.807) is 0 Å². The largest absolute Gasteiger partial charge is 0.318 e. The molecule has 0 bridgehead atoms. The van der Waals surface area contributed by atoms with Crippen molar-refractivity contribution >= 4 is 11.6 Å². The summed E-state index contributed by atoms with van der Waals surface area (Å²) < 4.78 is 2.15. The third-order valence-electron chi connectivity index (χ3n) is 3.24.